The number of hydrogen-bond donors (Lipinski definition) is 0. The third kappa shape index (κ3) is 4.69. The summed E-state index contributed by atoms with van der Waals surface area (Å²) in [4.78, 5) is 4.27. The van der Waals surface area contributed by atoms with E-state index in [4.69, 9.17) is 16.3 Å². The summed E-state index contributed by atoms with van der Waals surface area (Å²) >= 11 is 6.33. The number of hydrogen-bond acceptors (Lipinski definition) is 6. The minimum atomic E-state index is -3.36. The second kappa shape index (κ2) is 9.28. The number of sulfonamides is 1. The Labute approximate surface area is 205 Å². The average Bonchev–Trinajstić information content (AvgIpc) is 3.15. The van der Waals surface area contributed by atoms with Gasteiger partial charge < -0.3 is 4.74 Å². The van der Waals surface area contributed by atoms with E-state index < -0.39 is 10.0 Å². The molecule has 2 aliphatic rings. The highest BCUT2D eigenvalue weighted by atomic mass is 35.5. The maximum absolute atomic E-state index is 12.3. The lowest BCUT2D eigenvalue weighted by molar-refractivity contribution is 0.139. The van der Waals surface area contributed by atoms with Gasteiger partial charge in [0.2, 0.25) is 15.9 Å². The van der Waals surface area contributed by atoms with E-state index in [0.717, 1.165) is 48.6 Å². The molecule has 10 heteroatoms. The topological polar surface area (TPSA) is 90.2 Å². The number of likely N-dealkylation sites (N-methyl/N-ethyl adjacent to an activating group) is 1. The molecule has 1 saturated carbocycles. The molecule has 1 aromatic carbocycles. The van der Waals surface area contributed by atoms with Crippen LogP contribution in [0, 0.1) is 0 Å². The lowest BCUT2D eigenvalue weighted by Gasteiger charge is -2.28. The van der Waals surface area contributed by atoms with Crippen LogP contribution < -0.4 is 4.74 Å². The Kier molecular flexibility index (Phi) is 6.35. The smallest absolute Gasteiger partial charge is 0.213 e. The third-order valence-corrected chi connectivity index (χ3v) is 8.49. The minimum Gasteiger partial charge on any atom is -0.474 e. The van der Waals surface area contributed by atoms with Crippen LogP contribution in [0.1, 0.15) is 48.8 Å². The first-order valence-electron chi connectivity index (χ1n) is 11.5. The molecule has 1 aliphatic carbocycles. The van der Waals surface area contributed by atoms with Gasteiger partial charge in [-0.05, 0) is 61.9 Å². The van der Waals surface area contributed by atoms with E-state index in [1.54, 1.807) is 13.2 Å². The molecule has 0 saturated heterocycles. The molecule has 0 radical (unpaired) electrons. The van der Waals surface area contributed by atoms with Crippen LogP contribution in [0.15, 0.2) is 42.6 Å². The summed E-state index contributed by atoms with van der Waals surface area (Å²) in [5, 5.41) is 9.77. The molecule has 8 nitrogen and oxygen atoms in total. The van der Waals surface area contributed by atoms with Crippen LogP contribution in [0.3, 0.4) is 0 Å². The Morgan fingerprint density at radius 3 is 2.59 bits per heavy atom. The van der Waals surface area contributed by atoms with Crippen molar-refractivity contribution in [2.24, 2.45) is 0 Å². The second-order valence-corrected chi connectivity index (χ2v) is 11.7. The first-order chi connectivity index (χ1) is 16.3. The minimum absolute atomic E-state index is 0.136. The molecule has 180 valence electrons. The van der Waals surface area contributed by atoms with E-state index in [2.05, 4.69) is 19.7 Å². The van der Waals surface area contributed by atoms with Crippen LogP contribution in [-0.2, 0) is 22.9 Å². The molecule has 1 fully saturated rings. The van der Waals surface area contributed by atoms with Gasteiger partial charge in [-0.2, -0.15) is 0 Å². The number of pyridine rings is 1. The average molecular weight is 502 g/mol. The molecule has 2 aromatic heterocycles. The number of rotatable bonds is 5. The van der Waals surface area contributed by atoms with E-state index in [1.165, 1.54) is 10.6 Å². The van der Waals surface area contributed by atoms with Crippen LogP contribution in [0.5, 0.6) is 5.88 Å². The molecule has 0 unspecified atom stereocenters. The summed E-state index contributed by atoms with van der Waals surface area (Å²) in [7, 11) is -1.73. The standard InChI is InChI=1S/C24H28ClN5O3S/c1-29(34(2,31)32)19-14-17-13-18(25)8-11-21(17)30-22(15-19)27-28-24(30)16-6-9-20(10-7-16)33-23-5-3-4-12-26-23/h3-5,8,11-13,16,19-20H,6-7,9-10,14-15H2,1-2H3/t16?,19-,20?/m0/s1. The number of benzene rings is 1. The van der Waals surface area contributed by atoms with Gasteiger partial charge >= 0.3 is 0 Å². The SMILES string of the molecule is CN([C@H]1Cc2cc(Cl)ccc2-n2c(nnc2C2CCC(Oc3ccccn3)CC2)C1)S(C)(=O)=O. The van der Waals surface area contributed by atoms with Gasteiger partial charge in [0, 0.05) is 42.7 Å². The number of nitrogens with zero attached hydrogens (tertiary/aromatic N) is 5. The molecule has 0 N–H and O–H groups in total. The van der Waals surface area contributed by atoms with Gasteiger partial charge in [-0.15, -0.1) is 10.2 Å². The number of ether oxygens (including phenoxy) is 1. The van der Waals surface area contributed by atoms with E-state index in [0.29, 0.717) is 23.7 Å². The van der Waals surface area contributed by atoms with Crippen molar-refractivity contribution in [3.63, 3.8) is 0 Å². The van der Waals surface area contributed by atoms with Crippen molar-refractivity contribution in [3.05, 3.63) is 64.8 Å². The molecule has 0 amide bonds. The van der Waals surface area contributed by atoms with Crippen LogP contribution in [0.2, 0.25) is 5.02 Å². The van der Waals surface area contributed by atoms with Crippen LogP contribution in [0.4, 0.5) is 0 Å². The van der Waals surface area contributed by atoms with Gasteiger partial charge in [0.05, 0.1) is 11.9 Å². The molecule has 0 bridgehead atoms. The highest BCUT2D eigenvalue weighted by Gasteiger charge is 2.34. The maximum Gasteiger partial charge on any atom is 0.213 e. The Hall–Kier alpha value is -2.49. The van der Waals surface area contributed by atoms with Crippen molar-refractivity contribution in [1.82, 2.24) is 24.1 Å². The van der Waals surface area contributed by atoms with E-state index in [-0.39, 0.29) is 18.1 Å². The summed E-state index contributed by atoms with van der Waals surface area (Å²) in [6.07, 6.45) is 7.86. The predicted molar refractivity (Wildman–Crippen MR) is 130 cm³/mol. The maximum atomic E-state index is 12.3. The van der Waals surface area contributed by atoms with Crippen molar-refractivity contribution >= 4 is 21.6 Å². The molecular formula is C24H28ClN5O3S. The van der Waals surface area contributed by atoms with E-state index in [9.17, 15) is 8.42 Å². The molecule has 3 heterocycles. The Morgan fingerprint density at radius 1 is 1.09 bits per heavy atom. The zero-order valence-electron chi connectivity index (χ0n) is 19.3. The van der Waals surface area contributed by atoms with Crippen LogP contribution >= 0.6 is 11.6 Å². The van der Waals surface area contributed by atoms with Gasteiger partial charge in [-0.25, -0.2) is 17.7 Å². The Bertz CT molecular complexity index is 1270. The number of fused-ring (bicyclic) bond motifs is 3. The summed E-state index contributed by atoms with van der Waals surface area (Å²) in [6.45, 7) is 0. The molecule has 1 atom stereocenters. The fraction of sp³-hybridized carbons (Fsp3) is 0.458. The third-order valence-electron chi connectivity index (χ3n) is 6.91. The first kappa shape index (κ1) is 23.3. The molecule has 3 aromatic rings. The normalized spacial score (nSPS) is 22.6. The lowest BCUT2D eigenvalue weighted by atomic mass is 9.86. The quantitative estimate of drug-likeness (QED) is 0.528. The number of halogens is 1. The van der Waals surface area contributed by atoms with Crippen molar-refractivity contribution in [2.75, 3.05) is 13.3 Å². The van der Waals surface area contributed by atoms with Crippen molar-refractivity contribution in [1.29, 1.82) is 0 Å². The molecule has 5 rings (SSSR count). The Balaban J connectivity index is 1.42. The number of aromatic nitrogens is 4. The van der Waals surface area contributed by atoms with Gasteiger partial charge in [-0.1, -0.05) is 17.7 Å². The summed E-state index contributed by atoms with van der Waals surface area (Å²) in [5.41, 5.74) is 1.98. The zero-order valence-corrected chi connectivity index (χ0v) is 20.8. The van der Waals surface area contributed by atoms with Gasteiger partial charge in [0.1, 0.15) is 17.8 Å². The zero-order chi connectivity index (χ0) is 23.9. The molecular weight excluding hydrogens is 474 g/mol. The monoisotopic (exact) mass is 501 g/mol. The van der Waals surface area contributed by atoms with Crippen LogP contribution in [-0.4, -0.2) is 57.9 Å². The largest absolute Gasteiger partial charge is 0.474 e. The first-order valence-corrected chi connectivity index (χ1v) is 13.8. The predicted octanol–water partition coefficient (Wildman–Crippen LogP) is 3.78. The molecule has 1 aliphatic heterocycles. The van der Waals surface area contributed by atoms with Gasteiger partial charge in [0.15, 0.2) is 0 Å². The summed E-state index contributed by atoms with van der Waals surface area (Å²) in [6, 6.07) is 11.2. The van der Waals surface area contributed by atoms with E-state index >= 15 is 0 Å². The second-order valence-electron chi connectivity index (χ2n) is 9.18. The summed E-state index contributed by atoms with van der Waals surface area (Å²) in [5.74, 6) is 2.62. The fourth-order valence-electron chi connectivity index (χ4n) is 5.02. The van der Waals surface area contributed by atoms with E-state index in [1.807, 2.05) is 36.4 Å². The van der Waals surface area contributed by atoms with Crippen molar-refractivity contribution in [2.45, 2.75) is 56.6 Å². The molecule has 34 heavy (non-hydrogen) atoms. The van der Waals surface area contributed by atoms with Gasteiger partial charge in [-0.3, -0.25) is 4.57 Å². The fourth-order valence-corrected chi connectivity index (χ4v) is 5.90. The Morgan fingerprint density at radius 2 is 1.88 bits per heavy atom. The lowest BCUT2D eigenvalue weighted by Crippen LogP contribution is -2.39. The highest BCUT2D eigenvalue weighted by Crippen LogP contribution is 2.37. The van der Waals surface area contributed by atoms with Crippen molar-refractivity contribution < 1.29 is 13.2 Å². The highest BCUT2D eigenvalue weighted by molar-refractivity contribution is 7.88. The van der Waals surface area contributed by atoms with Crippen LogP contribution in [0.25, 0.3) is 5.69 Å². The molecule has 0 spiro atoms. The van der Waals surface area contributed by atoms with Gasteiger partial charge in [0.25, 0.3) is 0 Å². The van der Waals surface area contributed by atoms with Crippen molar-refractivity contribution in [3.8, 4) is 11.6 Å². The summed E-state index contributed by atoms with van der Waals surface area (Å²) < 4.78 is 34.2.